The summed E-state index contributed by atoms with van der Waals surface area (Å²) in [6, 6.07) is 4.60. The second-order valence-corrected chi connectivity index (χ2v) is 6.89. The van der Waals surface area contributed by atoms with Crippen molar-refractivity contribution in [3.63, 3.8) is 0 Å². The van der Waals surface area contributed by atoms with Crippen molar-refractivity contribution in [2.75, 3.05) is 0 Å². The fraction of sp³-hybridized carbons (Fsp3) is 0.400. The minimum atomic E-state index is -4.34. The standard InChI is InChI=1S/C11H14N2.C9H10F3N/c1-8(2)10-7-13-5-4-12-11(13)6-9(10)3;1-6(2)7-3-4-8(13-5-7)9(10,11)12/h4-8H,1-3H3;3-6H,1-2H3. The van der Waals surface area contributed by atoms with Crippen LogP contribution in [0.15, 0.2) is 43.0 Å². The summed E-state index contributed by atoms with van der Waals surface area (Å²) >= 11 is 0. The molecule has 0 aliphatic heterocycles. The van der Waals surface area contributed by atoms with E-state index >= 15 is 0 Å². The Morgan fingerprint density at radius 1 is 1.00 bits per heavy atom. The lowest BCUT2D eigenvalue weighted by Gasteiger charge is -2.09. The molecule has 0 aromatic carbocycles. The maximum atomic E-state index is 12.1. The summed E-state index contributed by atoms with van der Waals surface area (Å²) in [4.78, 5) is 7.59. The van der Waals surface area contributed by atoms with E-state index in [1.807, 2.05) is 26.2 Å². The van der Waals surface area contributed by atoms with Gasteiger partial charge in [-0.3, -0.25) is 4.98 Å². The molecule has 0 spiro atoms. The third kappa shape index (κ3) is 4.84. The minimum absolute atomic E-state index is 0.204. The third-order valence-corrected chi connectivity index (χ3v) is 4.14. The first-order valence-electron chi connectivity index (χ1n) is 8.56. The molecule has 6 heteroatoms. The van der Waals surface area contributed by atoms with Crippen LogP contribution in [0.3, 0.4) is 0 Å². The van der Waals surface area contributed by atoms with Gasteiger partial charge in [0.2, 0.25) is 0 Å². The molecule has 3 nitrogen and oxygen atoms in total. The lowest BCUT2D eigenvalue weighted by atomic mass is 10.0. The van der Waals surface area contributed by atoms with Crippen molar-refractivity contribution in [1.29, 1.82) is 0 Å². The van der Waals surface area contributed by atoms with Gasteiger partial charge in [0, 0.05) is 24.8 Å². The Kier molecular flexibility index (Phi) is 6.05. The van der Waals surface area contributed by atoms with Crippen LogP contribution < -0.4 is 0 Å². The van der Waals surface area contributed by atoms with Gasteiger partial charge < -0.3 is 4.40 Å². The SMILES string of the molecule is CC(C)c1ccc(C(F)(F)F)nc1.Cc1cc2nccn2cc1C(C)C. The molecule has 0 saturated carbocycles. The van der Waals surface area contributed by atoms with Gasteiger partial charge in [0.25, 0.3) is 0 Å². The molecule has 0 radical (unpaired) electrons. The number of pyridine rings is 2. The van der Waals surface area contributed by atoms with E-state index in [-0.39, 0.29) is 5.92 Å². The van der Waals surface area contributed by atoms with Crippen molar-refractivity contribution in [2.45, 2.75) is 52.6 Å². The van der Waals surface area contributed by atoms with E-state index in [1.54, 1.807) is 0 Å². The number of hydrogen-bond donors (Lipinski definition) is 0. The van der Waals surface area contributed by atoms with Crippen molar-refractivity contribution in [1.82, 2.24) is 14.4 Å². The molecule has 0 N–H and O–H groups in total. The van der Waals surface area contributed by atoms with Crippen LogP contribution >= 0.6 is 0 Å². The van der Waals surface area contributed by atoms with Gasteiger partial charge in [-0.2, -0.15) is 13.2 Å². The van der Waals surface area contributed by atoms with Crippen LogP contribution in [0.2, 0.25) is 0 Å². The Morgan fingerprint density at radius 2 is 1.69 bits per heavy atom. The molecular weight excluding hydrogens is 339 g/mol. The molecule has 0 fully saturated rings. The first-order chi connectivity index (χ1) is 12.1. The van der Waals surface area contributed by atoms with Crippen LogP contribution in [-0.4, -0.2) is 14.4 Å². The number of nitrogens with zero attached hydrogens (tertiary/aromatic N) is 3. The predicted octanol–water partition coefficient (Wildman–Crippen LogP) is 5.99. The maximum absolute atomic E-state index is 12.1. The monoisotopic (exact) mass is 363 g/mol. The zero-order chi connectivity index (χ0) is 19.5. The van der Waals surface area contributed by atoms with E-state index < -0.39 is 11.9 Å². The molecule has 0 bridgehead atoms. The lowest BCUT2D eigenvalue weighted by Crippen LogP contribution is -2.07. The Hall–Kier alpha value is -2.37. The highest BCUT2D eigenvalue weighted by molar-refractivity contribution is 5.44. The van der Waals surface area contributed by atoms with Gasteiger partial charge in [0.15, 0.2) is 0 Å². The normalized spacial score (nSPS) is 11.8. The average molecular weight is 363 g/mol. The highest BCUT2D eigenvalue weighted by Crippen LogP contribution is 2.28. The zero-order valence-electron chi connectivity index (χ0n) is 15.7. The molecular formula is C20H24F3N3. The number of imidazole rings is 1. The largest absolute Gasteiger partial charge is 0.433 e. The fourth-order valence-corrected chi connectivity index (χ4v) is 2.59. The van der Waals surface area contributed by atoms with Crippen LogP contribution in [0.5, 0.6) is 0 Å². The molecule has 0 aliphatic rings. The topological polar surface area (TPSA) is 30.2 Å². The lowest BCUT2D eigenvalue weighted by molar-refractivity contribution is -0.141. The van der Waals surface area contributed by atoms with Crippen LogP contribution in [-0.2, 0) is 6.18 Å². The van der Waals surface area contributed by atoms with Crippen LogP contribution in [0.25, 0.3) is 5.65 Å². The van der Waals surface area contributed by atoms with E-state index in [0.29, 0.717) is 5.92 Å². The highest BCUT2D eigenvalue weighted by atomic mass is 19.4. The Morgan fingerprint density at radius 3 is 2.19 bits per heavy atom. The number of aryl methyl sites for hydroxylation is 1. The van der Waals surface area contributed by atoms with Gasteiger partial charge in [-0.1, -0.05) is 33.8 Å². The number of hydrogen-bond acceptors (Lipinski definition) is 2. The van der Waals surface area contributed by atoms with Gasteiger partial charge in [0.05, 0.1) is 0 Å². The summed E-state index contributed by atoms with van der Waals surface area (Å²) in [5, 5.41) is 0. The molecule has 0 saturated heterocycles. The highest BCUT2D eigenvalue weighted by Gasteiger charge is 2.32. The molecule has 0 amide bonds. The first kappa shape index (κ1) is 19.9. The molecule has 26 heavy (non-hydrogen) atoms. The molecule has 3 rings (SSSR count). The second-order valence-electron chi connectivity index (χ2n) is 6.89. The van der Waals surface area contributed by atoms with Crippen molar-refractivity contribution in [3.05, 3.63) is 65.4 Å². The van der Waals surface area contributed by atoms with Crippen LogP contribution in [0.4, 0.5) is 13.2 Å². The quantitative estimate of drug-likeness (QED) is 0.560. The number of alkyl halides is 3. The van der Waals surface area contributed by atoms with E-state index in [4.69, 9.17) is 0 Å². The molecule has 0 unspecified atom stereocenters. The summed E-state index contributed by atoms with van der Waals surface area (Å²) in [6.45, 7) is 10.4. The van der Waals surface area contributed by atoms with Crippen LogP contribution in [0, 0.1) is 6.92 Å². The van der Waals surface area contributed by atoms with Crippen molar-refractivity contribution in [2.24, 2.45) is 0 Å². The molecule has 140 valence electrons. The maximum Gasteiger partial charge on any atom is 0.433 e. The Balaban J connectivity index is 0.000000187. The van der Waals surface area contributed by atoms with Crippen molar-refractivity contribution >= 4 is 5.65 Å². The number of aromatic nitrogens is 3. The summed E-state index contributed by atoms with van der Waals surface area (Å²) in [7, 11) is 0. The van der Waals surface area contributed by atoms with E-state index in [0.717, 1.165) is 17.3 Å². The van der Waals surface area contributed by atoms with Crippen molar-refractivity contribution in [3.8, 4) is 0 Å². The smallest absolute Gasteiger partial charge is 0.307 e. The van der Waals surface area contributed by atoms with Gasteiger partial charge in [-0.25, -0.2) is 4.98 Å². The van der Waals surface area contributed by atoms with E-state index in [1.165, 1.54) is 23.4 Å². The molecule has 0 aliphatic carbocycles. The number of rotatable bonds is 2. The molecule has 3 heterocycles. The third-order valence-electron chi connectivity index (χ3n) is 4.14. The van der Waals surface area contributed by atoms with Crippen molar-refractivity contribution < 1.29 is 13.2 Å². The van der Waals surface area contributed by atoms with Gasteiger partial charge in [0.1, 0.15) is 11.3 Å². The molecule has 3 aromatic heterocycles. The predicted molar refractivity (Wildman–Crippen MR) is 97.3 cm³/mol. The Labute approximate surface area is 151 Å². The van der Waals surface area contributed by atoms with E-state index in [2.05, 4.69) is 47.4 Å². The Bertz CT molecular complexity index is 847. The second kappa shape index (κ2) is 7.89. The fourth-order valence-electron chi connectivity index (χ4n) is 2.59. The molecule has 3 aromatic rings. The van der Waals surface area contributed by atoms with Gasteiger partial charge in [-0.15, -0.1) is 0 Å². The summed E-state index contributed by atoms with van der Waals surface area (Å²) in [5.74, 6) is 0.779. The van der Waals surface area contributed by atoms with Gasteiger partial charge in [-0.05, 0) is 47.6 Å². The minimum Gasteiger partial charge on any atom is -0.307 e. The summed E-state index contributed by atoms with van der Waals surface area (Å²) in [5.41, 5.74) is 3.73. The average Bonchev–Trinajstić information content (AvgIpc) is 3.01. The summed E-state index contributed by atoms with van der Waals surface area (Å²) in [6.07, 6.45) is 2.92. The van der Waals surface area contributed by atoms with Crippen LogP contribution in [0.1, 0.15) is 61.9 Å². The van der Waals surface area contributed by atoms with Gasteiger partial charge >= 0.3 is 6.18 Å². The first-order valence-corrected chi connectivity index (χ1v) is 8.56. The number of fused-ring (bicyclic) bond motifs is 1. The molecule has 0 atom stereocenters. The van der Waals surface area contributed by atoms with E-state index in [9.17, 15) is 13.2 Å². The number of halogens is 3. The zero-order valence-corrected chi connectivity index (χ0v) is 15.7. The summed E-state index contributed by atoms with van der Waals surface area (Å²) < 4.78 is 38.2.